The van der Waals surface area contributed by atoms with E-state index in [9.17, 15) is 9.59 Å². The van der Waals surface area contributed by atoms with Crippen LogP contribution in [0.3, 0.4) is 0 Å². The Labute approximate surface area is 131 Å². The van der Waals surface area contributed by atoms with Crippen LogP contribution in [0.1, 0.15) is 15.2 Å². The van der Waals surface area contributed by atoms with Crippen LogP contribution in [0, 0.1) is 0 Å². The largest absolute Gasteiger partial charge is 0.452 e. The van der Waals surface area contributed by atoms with Gasteiger partial charge in [0.1, 0.15) is 0 Å². The van der Waals surface area contributed by atoms with Crippen LogP contribution >= 0.6 is 23.1 Å². The summed E-state index contributed by atoms with van der Waals surface area (Å²) >= 11 is 3.03. The molecule has 0 aliphatic rings. The minimum Gasteiger partial charge on any atom is -0.452 e. The number of carbonyl (C=O) groups is 2. The van der Waals surface area contributed by atoms with Gasteiger partial charge in [0.2, 0.25) is 0 Å². The van der Waals surface area contributed by atoms with E-state index in [2.05, 4.69) is 5.32 Å². The van der Waals surface area contributed by atoms with Crippen molar-refractivity contribution in [2.24, 2.45) is 0 Å². The summed E-state index contributed by atoms with van der Waals surface area (Å²) < 4.78 is 5.04. The van der Waals surface area contributed by atoms with E-state index in [0.717, 1.165) is 9.77 Å². The van der Waals surface area contributed by atoms with Crippen molar-refractivity contribution in [1.29, 1.82) is 0 Å². The second-order valence-corrected chi connectivity index (χ2v) is 6.01. The van der Waals surface area contributed by atoms with E-state index in [1.165, 1.54) is 11.8 Å². The number of carbonyl (C=O) groups excluding carboxylic acids is 2. The third-order valence-electron chi connectivity index (χ3n) is 2.70. The zero-order chi connectivity index (χ0) is 15.1. The Kier molecular flexibility index (Phi) is 5.83. The average molecular weight is 321 g/mol. The number of esters is 1. The van der Waals surface area contributed by atoms with Gasteiger partial charge in [-0.05, 0) is 29.8 Å². The van der Waals surface area contributed by atoms with E-state index in [-0.39, 0.29) is 12.5 Å². The lowest BCUT2D eigenvalue weighted by atomic mass is 10.2. The molecule has 21 heavy (non-hydrogen) atoms. The molecule has 0 saturated carbocycles. The van der Waals surface area contributed by atoms with Gasteiger partial charge in [0.15, 0.2) is 6.61 Å². The summed E-state index contributed by atoms with van der Waals surface area (Å²) in [5.74, 6) is -0.787. The molecule has 6 heteroatoms. The number of benzene rings is 1. The van der Waals surface area contributed by atoms with Crippen LogP contribution in [0.15, 0.2) is 46.7 Å². The number of hydrogen-bond acceptors (Lipinski definition) is 5. The molecule has 0 aliphatic carbocycles. The predicted molar refractivity (Wildman–Crippen MR) is 84.7 cm³/mol. The predicted octanol–water partition coefficient (Wildman–Crippen LogP) is 2.94. The highest BCUT2D eigenvalue weighted by Crippen LogP contribution is 2.20. The first kappa shape index (κ1) is 15.6. The molecule has 1 heterocycles. The summed E-state index contributed by atoms with van der Waals surface area (Å²) in [6.45, 7) is 0.183. The van der Waals surface area contributed by atoms with Gasteiger partial charge in [-0.15, -0.1) is 23.1 Å². The smallest absolute Gasteiger partial charge is 0.339 e. The van der Waals surface area contributed by atoms with Crippen molar-refractivity contribution in [3.8, 4) is 0 Å². The molecule has 0 atom stereocenters. The van der Waals surface area contributed by atoms with Gasteiger partial charge in [-0.25, -0.2) is 4.79 Å². The molecule has 0 fully saturated rings. The minimum atomic E-state index is -0.480. The van der Waals surface area contributed by atoms with Crippen LogP contribution in [0.5, 0.6) is 0 Å². The van der Waals surface area contributed by atoms with Crippen molar-refractivity contribution in [3.05, 3.63) is 52.2 Å². The number of hydrogen-bond donors (Lipinski definition) is 1. The molecule has 110 valence electrons. The maximum Gasteiger partial charge on any atom is 0.339 e. The number of rotatable bonds is 6. The van der Waals surface area contributed by atoms with Crippen molar-refractivity contribution in [2.75, 3.05) is 12.9 Å². The maximum atomic E-state index is 11.9. The molecule has 1 aromatic carbocycles. The van der Waals surface area contributed by atoms with Gasteiger partial charge >= 0.3 is 5.97 Å². The zero-order valence-corrected chi connectivity index (χ0v) is 13.1. The standard InChI is InChI=1S/C15H15NO3S2/c1-20-13-7-3-2-6-12(13)15(18)19-10-14(17)16-9-11-5-4-8-21-11/h2-8H,9-10H2,1H3,(H,16,17). The lowest BCUT2D eigenvalue weighted by Gasteiger charge is -2.08. The fourth-order valence-corrected chi connectivity index (χ4v) is 2.90. The number of thiophene rings is 1. The van der Waals surface area contributed by atoms with Crippen LogP contribution in [-0.4, -0.2) is 24.7 Å². The molecule has 4 nitrogen and oxygen atoms in total. The lowest BCUT2D eigenvalue weighted by molar-refractivity contribution is -0.124. The van der Waals surface area contributed by atoms with E-state index in [1.807, 2.05) is 35.9 Å². The van der Waals surface area contributed by atoms with Crippen molar-refractivity contribution >= 4 is 35.0 Å². The first-order valence-corrected chi connectivity index (χ1v) is 8.40. The summed E-state index contributed by atoms with van der Waals surface area (Å²) in [6.07, 6.45) is 1.89. The molecule has 1 N–H and O–H groups in total. The molecule has 2 rings (SSSR count). The van der Waals surface area contributed by atoms with Gasteiger partial charge in [-0.3, -0.25) is 4.79 Å². The second kappa shape index (κ2) is 7.85. The van der Waals surface area contributed by atoms with E-state index in [4.69, 9.17) is 4.74 Å². The summed E-state index contributed by atoms with van der Waals surface area (Å²) in [4.78, 5) is 25.5. The average Bonchev–Trinajstić information content (AvgIpc) is 3.04. The fraction of sp³-hybridized carbons (Fsp3) is 0.200. The van der Waals surface area contributed by atoms with Gasteiger partial charge in [0.05, 0.1) is 12.1 Å². The summed E-state index contributed by atoms with van der Waals surface area (Å²) in [6, 6.07) is 11.0. The molecular formula is C15H15NO3S2. The topological polar surface area (TPSA) is 55.4 Å². The van der Waals surface area contributed by atoms with E-state index in [0.29, 0.717) is 12.1 Å². The Morgan fingerprint density at radius 2 is 2.05 bits per heavy atom. The number of ether oxygens (including phenoxy) is 1. The van der Waals surface area contributed by atoms with E-state index < -0.39 is 5.97 Å². The molecule has 1 aromatic heterocycles. The fourth-order valence-electron chi connectivity index (χ4n) is 1.67. The molecule has 0 spiro atoms. The lowest BCUT2D eigenvalue weighted by Crippen LogP contribution is -2.28. The maximum absolute atomic E-state index is 11.9. The molecule has 1 amide bonds. The SMILES string of the molecule is CSc1ccccc1C(=O)OCC(=O)NCc1cccs1. The van der Waals surface area contributed by atoms with Crippen LogP contribution in [0.25, 0.3) is 0 Å². The summed E-state index contributed by atoms with van der Waals surface area (Å²) in [7, 11) is 0. The van der Waals surface area contributed by atoms with E-state index in [1.54, 1.807) is 23.5 Å². The molecule has 0 unspecified atom stereocenters. The normalized spacial score (nSPS) is 10.1. The Bertz CT molecular complexity index is 611. The number of thioether (sulfide) groups is 1. The van der Waals surface area contributed by atoms with Crippen LogP contribution in [-0.2, 0) is 16.1 Å². The zero-order valence-electron chi connectivity index (χ0n) is 11.5. The summed E-state index contributed by atoms with van der Waals surface area (Å²) in [5, 5.41) is 4.65. The van der Waals surface area contributed by atoms with Crippen molar-refractivity contribution in [2.45, 2.75) is 11.4 Å². The Morgan fingerprint density at radius 1 is 1.24 bits per heavy atom. The number of nitrogens with one attached hydrogen (secondary N) is 1. The third kappa shape index (κ3) is 4.61. The van der Waals surface area contributed by atoms with Crippen molar-refractivity contribution in [3.63, 3.8) is 0 Å². The van der Waals surface area contributed by atoms with Gasteiger partial charge in [-0.1, -0.05) is 18.2 Å². The quantitative estimate of drug-likeness (QED) is 0.656. The van der Waals surface area contributed by atoms with Gasteiger partial charge in [0, 0.05) is 9.77 Å². The molecule has 2 aromatic rings. The number of amides is 1. The summed E-state index contributed by atoms with van der Waals surface area (Å²) in [5.41, 5.74) is 0.482. The Balaban J connectivity index is 1.82. The van der Waals surface area contributed by atoms with Gasteiger partial charge in [-0.2, -0.15) is 0 Å². The molecule has 0 aliphatic heterocycles. The van der Waals surface area contributed by atoms with Crippen LogP contribution in [0.4, 0.5) is 0 Å². The third-order valence-corrected chi connectivity index (χ3v) is 4.37. The Morgan fingerprint density at radius 3 is 2.76 bits per heavy atom. The van der Waals surface area contributed by atoms with Gasteiger partial charge < -0.3 is 10.1 Å². The monoisotopic (exact) mass is 321 g/mol. The highest BCUT2D eigenvalue weighted by Gasteiger charge is 2.13. The molecule has 0 saturated heterocycles. The minimum absolute atomic E-state index is 0.271. The molecular weight excluding hydrogens is 306 g/mol. The first-order chi connectivity index (χ1) is 10.2. The Hall–Kier alpha value is -1.79. The van der Waals surface area contributed by atoms with Crippen molar-refractivity contribution < 1.29 is 14.3 Å². The van der Waals surface area contributed by atoms with Gasteiger partial charge in [0.25, 0.3) is 5.91 Å². The van der Waals surface area contributed by atoms with Crippen molar-refractivity contribution in [1.82, 2.24) is 5.32 Å². The highest BCUT2D eigenvalue weighted by atomic mass is 32.2. The molecule has 0 bridgehead atoms. The van der Waals surface area contributed by atoms with Crippen LogP contribution < -0.4 is 5.32 Å². The highest BCUT2D eigenvalue weighted by molar-refractivity contribution is 7.98. The van der Waals surface area contributed by atoms with E-state index >= 15 is 0 Å². The first-order valence-electron chi connectivity index (χ1n) is 6.30. The molecule has 0 radical (unpaired) electrons. The van der Waals surface area contributed by atoms with Crippen LogP contribution in [0.2, 0.25) is 0 Å². The second-order valence-electron chi connectivity index (χ2n) is 4.13.